The Bertz CT molecular complexity index is 1450. The van der Waals surface area contributed by atoms with Gasteiger partial charge < -0.3 is 26.0 Å². The minimum Gasteiger partial charge on any atom is -0.496 e. The van der Waals surface area contributed by atoms with Gasteiger partial charge >= 0.3 is 12.1 Å². The second-order valence-electron chi connectivity index (χ2n) is 8.66. The number of hydrogen-bond acceptors (Lipinski definition) is 7. The first-order valence-corrected chi connectivity index (χ1v) is 11.7. The first-order chi connectivity index (χ1) is 18.5. The highest BCUT2D eigenvalue weighted by molar-refractivity contribution is 5.73. The number of methoxy groups -OCH3 is 1. The van der Waals surface area contributed by atoms with Gasteiger partial charge in [0.2, 0.25) is 17.9 Å². The molecule has 0 bridgehead atoms. The average Bonchev–Trinajstić information content (AvgIpc) is 2.91. The number of aromatic nitrogens is 2. The summed E-state index contributed by atoms with van der Waals surface area (Å²) in [5.74, 6) is -1.80. The molecule has 4 aromatic rings. The van der Waals surface area contributed by atoms with Crippen LogP contribution in [0.15, 0.2) is 78.9 Å². The predicted octanol–water partition coefficient (Wildman–Crippen LogP) is 5.04. The number of carboxylic acids is 1. The Morgan fingerprint density at radius 3 is 2.23 bits per heavy atom. The Hall–Kier alpha value is -4.64. The SMILES string of the molecule is COc1cc(-c2ccccc2)ccc1[C@@H](Oc1cc(-c2ccc(C[C@H](N)C(=O)O)cc2)nc(N)n1)C(F)(F)F. The number of rotatable bonds is 9. The van der Waals surface area contributed by atoms with Gasteiger partial charge in [0.1, 0.15) is 11.8 Å². The standard InChI is InChI=1S/C28H25F3N4O4/c1-38-23-14-19(17-5-3-2-4-6-17)11-12-20(23)25(28(29,30)31)39-24-15-22(34-27(33)35-24)18-9-7-16(8-10-18)13-21(32)26(36)37/h2-12,14-15,21,25H,13,32H2,1H3,(H,36,37)(H2,33,34,35)/t21-,25+/m0/s1. The number of anilines is 1. The average molecular weight is 539 g/mol. The van der Waals surface area contributed by atoms with Crippen LogP contribution >= 0.6 is 0 Å². The van der Waals surface area contributed by atoms with Gasteiger partial charge in [0.05, 0.1) is 12.8 Å². The first-order valence-electron chi connectivity index (χ1n) is 11.7. The molecule has 5 N–H and O–H groups in total. The summed E-state index contributed by atoms with van der Waals surface area (Å²) in [6.07, 6.45) is -7.11. The highest BCUT2D eigenvalue weighted by atomic mass is 19.4. The van der Waals surface area contributed by atoms with Gasteiger partial charge in [-0.1, -0.05) is 66.7 Å². The molecule has 1 heterocycles. The number of halogens is 3. The highest BCUT2D eigenvalue weighted by Crippen LogP contribution is 2.42. The lowest BCUT2D eigenvalue weighted by Gasteiger charge is -2.24. The van der Waals surface area contributed by atoms with Gasteiger partial charge in [0, 0.05) is 17.2 Å². The van der Waals surface area contributed by atoms with E-state index in [0.29, 0.717) is 16.7 Å². The fourth-order valence-corrected chi connectivity index (χ4v) is 3.97. The molecule has 0 saturated carbocycles. The second kappa shape index (κ2) is 11.4. The van der Waals surface area contributed by atoms with Gasteiger partial charge in [-0.3, -0.25) is 4.79 Å². The summed E-state index contributed by atoms with van der Waals surface area (Å²) >= 11 is 0. The molecule has 0 fully saturated rings. The molecule has 0 aliphatic rings. The lowest BCUT2D eigenvalue weighted by molar-refractivity contribution is -0.199. The summed E-state index contributed by atoms with van der Waals surface area (Å²) in [5, 5.41) is 8.99. The number of alkyl halides is 3. The van der Waals surface area contributed by atoms with Crippen LogP contribution in [0.4, 0.5) is 19.1 Å². The fraction of sp³-hybridized carbons (Fsp3) is 0.179. The maximum absolute atomic E-state index is 14.3. The van der Waals surface area contributed by atoms with Crippen molar-refractivity contribution in [2.75, 3.05) is 12.8 Å². The molecule has 11 heteroatoms. The summed E-state index contributed by atoms with van der Waals surface area (Å²) in [4.78, 5) is 19.0. The van der Waals surface area contributed by atoms with Crippen LogP contribution < -0.4 is 20.9 Å². The van der Waals surface area contributed by atoms with E-state index in [1.165, 1.54) is 25.3 Å². The van der Waals surface area contributed by atoms with Gasteiger partial charge in [-0.25, -0.2) is 4.98 Å². The molecule has 8 nitrogen and oxygen atoms in total. The molecular weight excluding hydrogens is 513 g/mol. The fourth-order valence-electron chi connectivity index (χ4n) is 3.97. The highest BCUT2D eigenvalue weighted by Gasteiger charge is 2.45. The Morgan fingerprint density at radius 1 is 0.949 bits per heavy atom. The van der Waals surface area contributed by atoms with Gasteiger partial charge in [-0.05, 0) is 29.2 Å². The van der Waals surface area contributed by atoms with E-state index >= 15 is 0 Å². The molecular formula is C28H25F3N4O4. The molecule has 2 atom stereocenters. The Kier molecular flexibility index (Phi) is 8.01. The van der Waals surface area contributed by atoms with Crippen molar-refractivity contribution in [2.45, 2.75) is 24.7 Å². The number of carboxylic acid groups (broad SMARTS) is 1. The van der Waals surface area contributed by atoms with E-state index in [-0.39, 0.29) is 35.3 Å². The zero-order valence-electron chi connectivity index (χ0n) is 20.7. The number of nitrogen functional groups attached to an aromatic ring is 1. The molecule has 0 aliphatic heterocycles. The van der Waals surface area contributed by atoms with Crippen LogP contribution in [-0.4, -0.2) is 40.4 Å². The number of ether oxygens (including phenoxy) is 2. The van der Waals surface area contributed by atoms with Gasteiger partial charge in [-0.15, -0.1) is 0 Å². The molecule has 1 aromatic heterocycles. The Balaban J connectivity index is 1.65. The topological polar surface area (TPSA) is 134 Å². The summed E-state index contributed by atoms with van der Waals surface area (Å²) < 4.78 is 53.4. The summed E-state index contributed by atoms with van der Waals surface area (Å²) in [6.45, 7) is 0. The number of aliphatic carboxylic acids is 1. The van der Waals surface area contributed by atoms with Crippen molar-refractivity contribution in [2.24, 2.45) is 5.73 Å². The molecule has 0 spiro atoms. The van der Waals surface area contributed by atoms with Gasteiger partial charge in [0.15, 0.2) is 0 Å². The second-order valence-corrected chi connectivity index (χ2v) is 8.66. The van der Waals surface area contributed by atoms with E-state index in [4.69, 9.17) is 26.0 Å². The normalized spacial score (nSPS) is 12.9. The quantitative estimate of drug-likeness (QED) is 0.270. The first kappa shape index (κ1) is 27.4. The molecule has 39 heavy (non-hydrogen) atoms. The third-order valence-electron chi connectivity index (χ3n) is 5.90. The van der Waals surface area contributed by atoms with Crippen molar-refractivity contribution in [3.05, 3.63) is 90.0 Å². The minimum atomic E-state index is -4.81. The van der Waals surface area contributed by atoms with Gasteiger partial charge in [-0.2, -0.15) is 18.2 Å². The van der Waals surface area contributed by atoms with Crippen molar-refractivity contribution >= 4 is 11.9 Å². The molecule has 3 aromatic carbocycles. The molecule has 202 valence electrons. The number of benzene rings is 3. The molecule has 0 saturated heterocycles. The van der Waals surface area contributed by atoms with Crippen LogP contribution in [-0.2, 0) is 11.2 Å². The number of carbonyl (C=O) groups is 1. The molecule has 0 amide bonds. The summed E-state index contributed by atoms with van der Waals surface area (Å²) in [5.41, 5.74) is 14.0. The third-order valence-corrected chi connectivity index (χ3v) is 5.90. The van der Waals surface area contributed by atoms with E-state index in [9.17, 15) is 18.0 Å². The Morgan fingerprint density at radius 2 is 1.62 bits per heavy atom. The van der Waals surface area contributed by atoms with E-state index in [0.717, 1.165) is 5.56 Å². The maximum atomic E-state index is 14.3. The van der Waals surface area contributed by atoms with E-state index in [1.54, 1.807) is 30.3 Å². The van der Waals surface area contributed by atoms with E-state index in [1.807, 2.05) is 30.3 Å². The molecule has 4 rings (SSSR count). The zero-order valence-corrected chi connectivity index (χ0v) is 20.7. The number of nitrogens with two attached hydrogens (primary N) is 2. The van der Waals surface area contributed by atoms with E-state index < -0.39 is 24.3 Å². The van der Waals surface area contributed by atoms with Crippen molar-refractivity contribution < 1.29 is 32.5 Å². The van der Waals surface area contributed by atoms with Crippen LogP contribution in [0.25, 0.3) is 22.4 Å². The van der Waals surface area contributed by atoms with E-state index in [2.05, 4.69) is 9.97 Å². The third kappa shape index (κ3) is 6.63. The lowest BCUT2D eigenvalue weighted by Crippen LogP contribution is -2.32. The van der Waals surface area contributed by atoms with Crippen LogP contribution in [0.2, 0.25) is 0 Å². The van der Waals surface area contributed by atoms with Crippen LogP contribution in [0.5, 0.6) is 11.6 Å². The largest absolute Gasteiger partial charge is 0.496 e. The minimum absolute atomic E-state index is 0.00362. The van der Waals surface area contributed by atoms with Crippen molar-refractivity contribution in [1.82, 2.24) is 9.97 Å². The van der Waals surface area contributed by atoms with Crippen LogP contribution in [0, 0.1) is 0 Å². The smallest absolute Gasteiger partial charge is 0.429 e. The van der Waals surface area contributed by atoms with Crippen molar-refractivity contribution in [3.63, 3.8) is 0 Å². The maximum Gasteiger partial charge on any atom is 0.429 e. The molecule has 0 aliphatic carbocycles. The van der Waals surface area contributed by atoms with Crippen molar-refractivity contribution in [1.29, 1.82) is 0 Å². The van der Waals surface area contributed by atoms with Gasteiger partial charge in [0.25, 0.3) is 0 Å². The number of hydrogen-bond donors (Lipinski definition) is 3. The summed E-state index contributed by atoms with van der Waals surface area (Å²) in [7, 11) is 1.29. The van der Waals surface area contributed by atoms with Crippen LogP contribution in [0.3, 0.4) is 0 Å². The van der Waals surface area contributed by atoms with Crippen molar-refractivity contribution in [3.8, 4) is 34.0 Å². The predicted molar refractivity (Wildman–Crippen MR) is 139 cm³/mol. The monoisotopic (exact) mass is 538 g/mol. The molecule has 0 radical (unpaired) electrons. The molecule has 0 unspecified atom stereocenters. The summed E-state index contributed by atoms with van der Waals surface area (Å²) in [6, 6.07) is 20.3. The Labute approximate surface area is 222 Å². The van der Waals surface area contributed by atoms with Crippen LogP contribution in [0.1, 0.15) is 17.2 Å². The zero-order chi connectivity index (χ0) is 28.2. The lowest BCUT2D eigenvalue weighted by atomic mass is 10.0. The number of nitrogens with zero attached hydrogens (tertiary/aromatic N) is 2.